The van der Waals surface area contributed by atoms with Crippen molar-refractivity contribution >= 4 is 12.2 Å². The van der Waals surface area contributed by atoms with Gasteiger partial charge in [-0.3, -0.25) is 10.1 Å². The van der Waals surface area contributed by atoms with Gasteiger partial charge in [0.2, 0.25) is 0 Å². The predicted octanol–water partition coefficient (Wildman–Crippen LogP) is 2.45. The first-order valence-corrected chi connectivity index (χ1v) is 7.36. The average Bonchev–Trinajstić information content (AvgIpc) is 2.88. The van der Waals surface area contributed by atoms with Crippen LogP contribution in [0.15, 0.2) is 24.5 Å². The molecule has 0 bridgehead atoms. The van der Waals surface area contributed by atoms with E-state index in [1.54, 1.807) is 19.5 Å². The highest BCUT2D eigenvalue weighted by atomic mass is 32.1. The highest BCUT2D eigenvalue weighted by Crippen LogP contribution is 2.16. The van der Waals surface area contributed by atoms with Crippen molar-refractivity contribution in [3.63, 3.8) is 0 Å². The van der Waals surface area contributed by atoms with E-state index in [0.29, 0.717) is 18.0 Å². The molecule has 1 N–H and O–H groups in total. The number of pyridine rings is 1. The fourth-order valence-corrected chi connectivity index (χ4v) is 2.18. The van der Waals surface area contributed by atoms with E-state index in [4.69, 9.17) is 21.7 Å². The quantitative estimate of drug-likeness (QED) is 0.569. The summed E-state index contributed by atoms with van der Waals surface area (Å²) in [4.78, 5) is 4.12. The third-order valence-corrected chi connectivity index (χ3v) is 3.34. The fraction of sp³-hybridized carbons (Fsp3) is 0.500. The Balaban J connectivity index is 1.86. The van der Waals surface area contributed by atoms with Gasteiger partial charge in [-0.15, -0.1) is 0 Å². The lowest BCUT2D eigenvalue weighted by Crippen LogP contribution is -2.05. The van der Waals surface area contributed by atoms with Crippen LogP contribution >= 0.6 is 12.2 Å². The van der Waals surface area contributed by atoms with Crippen LogP contribution < -0.4 is 0 Å². The second-order valence-corrected chi connectivity index (χ2v) is 4.94. The summed E-state index contributed by atoms with van der Waals surface area (Å²) in [6.45, 7) is 2.82. The van der Waals surface area contributed by atoms with Gasteiger partial charge >= 0.3 is 0 Å². The molecule has 21 heavy (non-hydrogen) atoms. The van der Waals surface area contributed by atoms with E-state index in [1.165, 1.54) is 0 Å². The highest BCUT2D eigenvalue weighted by Gasteiger charge is 2.08. The van der Waals surface area contributed by atoms with E-state index in [0.717, 1.165) is 37.4 Å². The number of aromatic amines is 1. The molecule has 0 saturated carbocycles. The molecule has 0 fully saturated rings. The molecule has 0 aromatic carbocycles. The normalized spacial score (nSPS) is 10.9. The summed E-state index contributed by atoms with van der Waals surface area (Å²) in [5.74, 6) is 0.827. The van der Waals surface area contributed by atoms with Gasteiger partial charge in [0.15, 0.2) is 10.6 Å². The zero-order valence-corrected chi connectivity index (χ0v) is 12.9. The summed E-state index contributed by atoms with van der Waals surface area (Å²) >= 11 is 5.28. The maximum Gasteiger partial charge on any atom is 0.195 e. The number of hydrogen-bond donors (Lipinski definition) is 1. The molecule has 0 atom stereocenters. The SMILES string of the molecule is COCCOCCCCn1c(-c2cccnc2)n[nH]c1=S. The van der Waals surface area contributed by atoms with Crippen LogP contribution in [0.4, 0.5) is 0 Å². The van der Waals surface area contributed by atoms with Gasteiger partial charge in [0.25, 0.3) is 0 Å². The number of aromatic nitrogens is 4. The molecule has 7 heteroatoms. The number of rotatable bonds is 9. The number of nitrogens with zero attached hydrogens (tertiary/aromatic N) is 3. The van der Waals surface area contributed by atoms with Crippen molar-refractivity contribution in [1.29, 1.82) is 0 Å². The van der Waals surface area contributed by atoms with Crippen LogP contribution in [0.25, 0.3) is 11.4 Å². The molecule has 2 heterocycles. The van der Waals surface area contributed by atoms with E-state index >= 15 is 0 Å². The average molecular weight is 308 g/mol. The molecule has 0 amide bonds. The molecule has 2 aromatic heterocycles. The maximum absolute atomic E-state index is 5.44. The first-order chi connectivity index (χ1) is 10.3. The van der Waals surface area contributed by atoms with Crippen molar-refractivity contribution in [1.82, 2.24) is 19.7 Å². The van der Waals surface area contributed by atoms with E-state index in [9.17, 15) is 0 Å². The fourth-order valence-electron chi connectivity index (χ4n) is 1.96. The molecule has 6 nitrogen and oxygen atoms in total. The molecule has 0 spiro atoms. The molecular weight excluding hydrogens is 288 g/mol. The first kappa shape index (κ1) is 15.8. The topological polar surface area (TPSA) is 65.0 Å². The van der Waals surface area contributed by atoms with Gasteiger partial charge in [0, 0.05) is 38.2 Å². The van der Waals surface area contributed by atoms with Gasteiger partial charge in [0.05, 0.1) is 13.2 Å². The van der Waals surface area contributed by atoms with Crippen molar-refractivity contribution in [2.45, 2.75) is 19.4 Å². The van der Waals surface area contributed by atoms with Crippen LogP contribution in [-0.4, -0.2) is 46.7 Å². The summed E-state index contributed by atoms with van der Waals surface area (Å²) in [5.41, 5.74) is 0.959. The van der Waals surface area contributed by atoms with Crippen molar-refractivity contribution in [3.05, 3.63) is 29.3 Å². The summed E-state index contributed by atoms with van der Waals surface area (Å²) in [6.07, 6.45) is 5.49. The number of H-pyrrole nitrogens is 1. The van der Waals surface area contributed by atoms with E-state index in [2.05, 4.69) is 15.2 Å². The zero-order chi connectivity index (χ0) is 14.9. The summed E-state index contributed by atoms with van der Waals surface area (Å²) in [7, 11) is 1.67. The van der Waals surface area contributed by atoms with Crippen LogP contribution in [0.1, 0.15) is 12.8 Å². The summed E-state index contributed by atoms with van der Waals surface area (Å²) < 4.78 is 13.0. The Bertz CT molecular complexity index is 582. The molecule has 114 valence electrons. The molecule has 0 unspecified atom stereocenters. The number of nitrogens with one attached hydrogen (secondary N) is 1. The van der Waals surface area contributed by atoms with Crippen molar-refractivity contribution in [2.75, 3.05) is 26.9 Å². The molecule has 0 saturated heterocycles. The minimum atomic E-state index is 0.633. The Hall–Kier alpha value is -1.57. The number of ether oxygens (including phenoxy) is 2. The van der Waals surface area contributed by atoms with E-state index < -0.39 is 0 Å². The number of methoxy groups -OCH3 is 1. The van der Waals surface area contributed by atoms with Crippen molar-refractivity contribution in [3.8, 4) is 11.4 Å². The maximum atomic E-state index is 5.44. The Labute approximate surface area is 129 Å². The van der Waals surface area contributed by atoms with Crippen LogP contribution in [0.3, 0.4) is 0 Å². The van der Waals surface area contributed by atoms with E-state index in [1.807, 2.05) is 16.7 Å². The minimum absolute atomic E-state index is 0.633. The molecule has 0 aliphatic heterocycles. The van der Waals surface area contributed by atoms with Crippen molar-refractivity contribution in [2.24, 2.45) is 0 Å². The molecule has 0 aliphatic carbocycles. The Morgan fingerprint density at radius 3 is 2.95 bits per heavy atom. The van der Waals surface area contributed by atoms with Gasteiger partial charge in [-0.2, -0.15) is 5.10 Å². The lowest BCUT2D eigenvalue weighted by molar-refractivity contribution is 0.0684. The number of unbranched alkanes of at least 4 members (excludes halogenated alkanes) is 1. The van der Waals surface area contributed by atoms with Crippen LogP contribution in [0, 0.1) is 4.77 Å². The minimum Gasteiger partial charge on any atom is -0.382 e. The number of hydrogen-bond acceptors (Lipinski definition) is 5. The summed E-state index contributed by atoms with van der Waals surface area (Å²) in [6, 6.07) is 3.86. The Morgan fingerprint density at radius 2 is 2.19 bits per heavy atom. The van der Waals surface area contributed by atoms with E-state index in [-0.39, 0.29) is 0 Å². The molecular formula is C14H20N4O2S. The zero-order valence-electron chi connectivity index (χ0n) is 12.1. The lowest BCUT2D eigenvalue weighted by atomic mass is 10.2. The molecule has 2 aromatic rings. The van der Waals surface area contributed by atoms with Crippen LogP contribution in [0.5, 0.6) is 0 Å². The van der Waals surface area contributed by atoms with Gasteiger partial charge in [-0.25, -0.2) is 0 Å². The molecule has 0 radical (unpaired) electrons. The summed E-state index contributed by atoms with van der Waals surface area (Å²) in [5, 5.41) is 7.13. The Morgan fingerprint density at radius 1 is 1.29 bits per heavy atom. The molecule has 0 aliphatic rings. The van der Waals surface area contributed by atoms with Gasteiger partial charge in [-0.1, -0.05) is 0 Å². The third kappa shape index (κ3) is 4.73. The first-order valence-electron chi connectivity index (χ1n) is 6.95. The third-order valence-electron chi connectivity index (χ3n) is 3.03. The Kier molecular flexibility index (Phi) is 6.52. The van der Waals surface area contributed by atoms with Crippen LogP contribution in [0.2, 0.25) is 0 Å². The van der Waals surface area contributed by atoms with Gasteiger partial charge < -0.3 is 14.0 Å². The second kappa shape index (κ2) is 8.66. The highest BCUT2D eigenvalue weighted by molar-refractivity contribution is 7.71. The largest absolute Gasteiger partial charge is 0.382 e. The molecule has 2 rings (SSSR count). The van der Waals surface area contributed by atoms with Gasteiger partial charge in [0.1, 0.15) is 0 Å². The smallest absolute Gasteiger partial charge is 0.195 e. The predicted molar refractivity (Wildman–Crippen MR) is 82.6 cm³/mol. The second-order valence-electron chi connectivity index (χ2n) is 4.56. The van der Waals surface area contributed by atoms with Crippen LogP contribution in [-0.2, 0) is 16.0 Å². The van der Waals surface area contributed by atoms with Gasteiger partial charge in [-0.05, 0) is 37.2 Å². The standard InChI is InChI=1S/C14H20N4O2S/c1-19-9-10-20-8-3-2-7-18-13(16-17-14(18)21)12-5-4-6-15-11-12/h4-6,11H,2-3,7-10H2,1H3,(H,17,21). The van der Waals surface area contributed by atoms with Crippen molar-refractivity contribution < 1.29 is 9.47 Å². The lowest BCUT2D eigenvalue weighted by Gasteiger charge is -2.07. The monoisotopic (exact) mass is 308 g/mol.